The first kappa shape index (κ1) is 17.5. The quantitative estimate of drug-likeness (QED) is 0.837. The lowest BCUT2D eigenvalue weighted by Gasteiger charge is -2.40. The van der Waals surface area contributed by atoms with E-state index in [9.17, 15) is 4.79 Å². The average Bonchev–Trinajstić information content (AvgIpc) is 2.98. The molecule has 2 heterocycles. The van der Waals surface area contributed by atoms with Gasteiger partial charge in [-0.25, -0.2) is 0 Å². The first-order chi connectivity index (χ1) is 11.5. The summed E-state index contributed by atoms with van der Waals surface area (Å²) in [6.07, 6.45) is -0.570. The number of benzene rings is 1. The molecule has 0 bridgehead atoms. The summed E-state index contributed by atoms with van der Waals surface area (Å²) in [7, 11) is 3.93. The number of Topliss-reactive ketones (excluding diaryl/α,β-unsaturated/α-hetero) is 1. The first-order valence-electron chi connectivity index (χ1n) is 8.20. The second-order valence-corrected chi connectivity index (χ2v) is 7.64. The normalized spacial score (nSPS) is 32.2. The Bertz CT molecular complexity index is 620. The van der Waals surface area contributed by atoms with Gasteiger partial charge in [0, 0.05) is 20.0 Å². The second-order valence-electron chi connectivity index (χ2n) is 6.57. The highest BCUT2D eigenvalue weighted by Gasteiger charge is 2.49. The van der Waals surface area contributed by atoms with Crippen molar-refractivity contribution >= 4 is 22.7 Å². The van der Waals surface area contributed by atoms with E-state index in [0.717, 1.165) is 10.7 Å². The molecule has 1 aromatic carbocycles. The van der Waals surface area contributed by atoms with Crippen LogP contribution < -0.4 is 0 Å². The van der Waals surface area contributed by atoms with E-state index in [1.165, 1.54) is 0 Å². The molecule has 0 amide bonds. The van der Waals surface area contributed by atoms with Crippen molar-refractivity contribution in [2.24, 2.45) is 10.9 Å². The van der Waals surface area contributed by atoms with Crippen LogP contribution in [0.1, 0.15) is 19.4 Å². The Morgan fingerprint density at radius 3 is 2.67 bits per heavy atom. The Morgan fingerprint density at radius 1 is 1.33 bits per heavy atom. The number of hydrogen-bond donors (Lipinski definition) is 0. The third-order valence-electron chi connectivity index (χ3n) is 4.44. The standard InChI is InChI=1S/C18H24N2O3S/c1-11-15(12(2)21)23-17-14(19-18(24-17)20(3)4)16(11)22-10-13-8-6-5-7-9-13/h5-9,11,14-17H,10H2,1-4H3/t11-,14-,15+,16+,17-/m1/s1. The smallest absolute Gasteiger partial charge is 0.161 e. The van der Waals surface area contributed by atoms with Crippen LogP contribution >= 0.6 is 11.8 Å². The third kappa shape index (κ3) is 3.50. The molecular weight excluding hydrogens is 324 g/mol. The number of ether oxygens (including phenoxy) is 2. The van der Waals surface area contributed by atoms with Gasteiger partial charge >= 0.3 is 0 Å². The second kappa shape index (κ2) is 7.25. The van der Waals surface area contributed by atoms with Crippen molar-refractivity contribution in [3.8, 4) is 0 Å². The maximum atomic E-state index is 12.0. The predicted molar refractivity (Wildman–Crippen MR) is 96.0 cm³/mol. The topological polar surface area (TPSA) is 51.1 Å². The Balaban J connectivity index is 1.79. The van der Waals surface area contributed by atoms with Gasteiger partial charge in [0.05, 0.1) is 12.7 Å². The molecule has 130 valence electrons. The van der Waals surface area contributed by atoms with Crippen LogP contribution in [0, 0.1) is 5.92 Å². The van der Waals surface area contributed by atoms with E-state index in [4.69, 9.17) is 14.5 Å². The summed E-state index contributed by atoms with van der Waals surface area (Å²) in [5.74, 6) is 0.0199. The Hall–Kier alpha value is -1.37. The molecule has 2 aliphatic heterocycles. The van der Waals surface area contributed by atoms with E-state index in [0.29, 0.717) is 6.61 Å². The Kier molecular flexibility index (Phi) is 5.27. The number of fused-ring (bicyclic) bond motifs is 1. The molecule has 5 atom stereocenters. The highest BCUT2D eigenvalue weighted by Crippen LogP contribution is 2.40. The highest BCUT2D eigenvalue weighted by atomic mass is 32.2. The summed E-state index contributed by atoms with van der Waals surface area (Å²) in [4.78, 5) is 18.8. The number of carbonyl (C=O) groups excluding carboxylic acids is 1. The first-order valence-corrected chi connectivity index (χ1v) is 9.08. The minimum atomic E-state index is -0.434. The lowest BCUT2D eigenvalue weighted by Crippen LogP contribution is -2.53. The molecule has 24 heavy (non-hydrogen) atoms. The molecule has 0 saturated carbocycles. The number of ketones is 1. The molecule has 0 radical (unpaired) electrons. The fraction of sp³-hybridized carbons (Fsp3) is 0.556. The van der Waals surface area contributed by atoms with E-state index in [2.05, 4.69) is 0 Å². The van der Waals surface area contributed by atoms with E-state index in [-0.39, 0.29) is 29.3 Å². The molecule has 1 saturated heterocycles. The molecule has 3 rings (SSSR count). The largest absolute Gasteiger partial charge is 0.371 e. The molecule has 0 N–H and O–H groups in total. The van der Waals surface area contributed by atoms with Gasteiger partial charge in [0.15, 0.2) is 11.0 Å². The van der Waals surface area contributed by atoms with Crippen molar-refractivity contribution in [1.82, 2.24) is 4.90 Å². The zero-order valence-corrected chi connectivity index (χ0v) is 15.3. The van der Waals surface area contributed by atoms with Crippen molar-refractivity contribution in [3.05, 3.63) is 35.9 Å². The van der Waals surface area contributed by atoms with Gasteiger partial charge in [-0.1, -0.05) is 49.0 Å². The van der Waals surface area contributed by atoms with Crippen molar-refractivity contribution in [2.75, 3.05) is 14.1 Å². The summed E-state index contributed by atoms with van der Waals surface area (Å²) in [5, 5.41) is 0.926. The van der Waals surface area contributed by atoms with Gasteiger partial charge < -0.3 is 14.4 Å². The average molecular weight is 348 g/mol. The zero-order chi connectivity index (χ0) is 17.3. The van der Waals surface area contributed by atoms with Crippen molar-refractivity contribution in [3.63, 3.8) is 0 Å². The van der Waals surface area contributed by atoms with E-state index < -0.39 is 6.10 Å². The van der Waals surface area contributed by atoms with Gasteiger partial charge in [-0.05, 0) is 12.5 Å². The number of rotatable bonds is 4. The van der Waals surface area contributed by atoms with Gasteiger partial charge in [-0.2, -0.15) is 0 Å². The molecule has 0 spiro atoms. The molecule has 5 nitrogen and oxygen atoms in total. The van der Waals surface area contributed by atoms with Crippen LogP contribution in [-0.4, -0.2) is 53.6 Å². The predicted octanol–water partition coefficient (Wildman–Crippen LogP) is 2.55. The molecule has 6 heteroatoms. The summed E-state index contributed by atoms with van der Waals surface area (Å²) in [6, 6.07) is 10.00. The number of carbonyl (C=O) groups is 1. The molecule has 1 fully saturated rings. The van der Waals surface area contributed by atoms with Crippen molar-refractivity contribution in [1.29, 1.82) is 0 Å². The minimum absolute atomic E-state index is 0.0293. The van der Waals surface area contributed by atoms with Gasteiger partial charge in [-0.15, -0.1) is 0 Å². The molecule has 0 aliphatic carbocycles. The van der Waals surface area contributed by atoms with Gasteiger partial charge in [0.2, 0.25) is 0 Å². The van der Waals surface area contributed by atoms with Crippen LogP contribution in [0.25, 0.3) is 0 Å². The highest BCUT2D eigenvalue weighted by molar-refractivity contribution is 8.14. The monoisotopic (exact) mass is 348 g/mol. The lowest BCUT2D eigenvalue weighted by atomic mass is 9.88. The summed E-state index contributed by atoms with van der Waals surface area (Å²) >= 11 is 1.57. The Labute approximate surface area is 147 Å². The van der Waals surface area contributed by atoms with E-state index in [1.807, 2.05) is 56.3 Å². The van der Waals surface area contributed by atoms with Gasteiger partial charge in [0.1, 0.15) is 17.6 Å². The van der Waals surface area contributed by atoms with Crippen LogP contribution in [-0.2, 0) is 20.9 Å². The van der Waals surface area contributed by atoms with E-state index in [1.54, 1.807) is 18.7 Å². The van der Waals surface area contributed by atoms with Crippen LogP contribution in [0.15, 0.2) is 35.3 Å². The number of aliphatic imine (C=N–C) groups is 1. The lowest BCUT2D eigenvalue weighted by molar-refractivity contribution is -0.158. The summed E-state index contributed by atoms with van der Waals surface area (Å²) < 4.78 is 12.3. The molecule has 2 aliphatic rings. The third-order valence-corrected chi connectivity index (χ3v) is 5.75. The fourth-order valence-electron chi connectivity index (χ4n) is 3.18. The van der Waals surface area contributed by atoms with Crippen molar-refractivity contribution in [2.45, 2.75) is 44.1 Å². The maximum Gasteiger partial charge on any atom is 0.161 e. The van der Waals surface area contributed by atoms with Crippen LogP contribution in [0.3, 0.4) is 0 Å². The molecular formula is C18H24N2O3S. The van der Waals surface area contributed by atoms with Gasteiger partial charge in [0.25, 0.3) is 0 Å². The fourth-order valence-corrected chi connectivity index (χ4v) is 4.32. The number of amidine groups is 1. The summed E-state index contributed by atoms with van der Waals surface area (Å²) in [5.41, 5.74) is 0.961. The SMILES string of the molecule is CC(=O)[C@H]1O[C@@H]2SC(N(C)C)=N[C@@H]2[C@@H](OCc2ccccc2)[C@@H]1C. The maximum absolute atomic E-state index is 12.0. The molecule has 0 unspecified atom stereocenters. The summed E-state index contributed by atoms with van der Waals surface area (Å²) in [6.45, 7) is 4.12. The number of nitrogens with zero attached hydrogens (tertiary/aromatic N) is 2. The molecule has 1 aromatic rings. The number of thioether (sulfide) groups is 1. The van der Waals surface area contributed by atoms with Crippen LogP contribution in [0.5, 0.6) is 0 Å². The van der Waals surface area contributed by atoms with E-state index >= 15 is 0 Å². The van der Waals surface area contributed by atoms with Crippen LogP contribution in [0.2, 0.25) is 0 Å². The minimum Gasteiger partial charge on any atom is -0.371 e. The van der Waals surface area contributed by atoms with Gasteiger partial charge in [-0.3, -0.25) is 9.79 Å². The number of hydrogen-bond acceptors (Lipinski definition) is 6. The zero-order valence-electron chi connectivity index (χ0n) is 14.5. The van der Waals surface area contributed by atoms with Crippen molar-refractivity contribution < 1.29 is 14.3 Å². The Morgan fingerprint density at radius 2 is 2.04 bits per heavy atom. The molecule has 0 aromatic heterocycles. The van der Waals surface area contributed by atoms with Crippen LogP contribution in [0.4, 0.5) is 0 Å².